The van der Waals surface area contributed by atoms with Gasteiger partial charge in [0.2, 0.25) is 11.8 Å². The van der Waals surface area contributed by atoms with Crippen LogP contribution in [0.1, 0.15) is 12.0 Å². The Morgan fingerprint density at radius 1 is 1.21 bits per heavy atom. The number of nitrogens with one attached hydrogen (secondary N) is 1. The van der Waals surface area contributed by atoms with Gasteiger partial charge in [-0.2, -0.15) is 0 Å². The average Bonchev–Trinajstić information content (AvgIpc) is 3.47. The molecule has 1 unspecified atom stereocenters. The molecule has 0 spiro atoms. The van der Waals surface area contributed by atoms with E-state index in [0.717, 1.165) is 35.7 Å². The smallest absolute Gasteiger partial charge is 0.231 e. The maximum atomic E-state index is 12.7. The third kappa shape index (κ3) is 3.49. The zero-order chi connectivity index (χ0) is 19.8. The highest BCUT2D eigenvalue weighted by molar-refractivity contribution is 7.14. The highest BCUT2D eigenvalue weighted by Gasteiger charge is 2.35. The predicted octanol–water partition coefficient (Wildman–Crippen LogP) is 3.74. The van der Waals surface area contributed by atoms with Crippen LogP contribution < -0.4 is 15.0 Å². The minimum atomic E-state index is -0.382. The van der Waals surface area contributed by atoms with Crippen molar-refractivity contribution in [1.29, 1.82) is 0 Å². The van der Waals surface area contributed by atoms with Crippen molar-refractivity contribution >= 4 is 34.0 Å². The van der Waals surface area contributed by atoms with E-state index in [9.17, 15) is 9.59 Å². The van der Waals surface area contributed by atoms with E-state index in [-0.39, 0.29) is 24.2 Å². The molecule has 2 aromatic carbocycles. The van der Waals surface area contributed by atoms with Gasteiger partial charge in [0.15, 0.2) is 5.13 Å². The van der Waals surface area contributed by atoms with E-state index >= 15 is 0 Å². The number of benzene rings is 2. The van der Waals surface area contributed by atoms with Crippen LogP contribution in [0.2, 0.25) is 0 Å². The molecule has 2 aliphatic rings. The lowest BCUT2D eigenvalue weighted by Gasteiger charge is -2.16. The Morgan fingerprint density at radius 3 is 2.93 bits per heavy atom. The number of carbonyl (C=O) groups excluding carboxylic acids is 2. The van der Waals surface area contributed by atoms with Gasteiger partial charge < -0.3 is 15.0 Å². The summed E-state index contributed by atoms with van der Waals surface area (Å²) in [4.78, 5) is 31.3. The third-order valence-corrected chi connectivity index (χ3v) is 6.04. The lowest BCUT2D eigenvalue weighted by Crippen LogP contribution is -2.28. The Kier molecular flexibility index (Phi) is 4.52. The maximum Gasteiger partial charge on any atom is 0.231 e. The number of hydrogen-bond donors (Lipinski definition) is 1. The van der Waals surface area contributed by atoms with Crippen LogP contribution in [0.15, 0.2) is 53.9 Å². The molecule has 2 amide bonds. The largest absolute Gasteiger partial charge is 0.493 e. The average molecular weight is 405 g/mol. The fourth-order valence-corrected chi connectivity index (χ4v) is 4.48. The molecular formula is C22H19N3O3S. The SMILES string of the molecule is O=C(Nc1nc(-c2ccc3c(c2)CCO3)cs1)C1CC(=O)N(c2ccccc2)C1. The molecule has 0 aliphatic carbocycles. The van der Waals surface area contributed by atoms with E-state index in [4.69, 9.17) is 4.74 Å². The molecule has 0 saturated carbocycles. The van der Waals surface area contributed by atoms with Gasteiger partial charge in [-0.3, -0.25) is 9.59 Å². The molecule has 5 rings (SSSR count). The molecule has 1 aromatic heterocycles. The van der Waals surface area contributed by atoms with Crippen LogP contribution in [-0.4, -0.2) is 29.9 Å². The lowest BCUT2D eigenvalue weighted by molar-refractivity contribution is -0.122. The molecular weight excluding hydrogens is 386 g/mol. The van der Waals surface area contributed by atoms with Crippen LogP contribution in [0.3, 0.4) is 0 Å². The number of nitrogens with zero attached hydrogens (tertiary/aromatic N) is 2. The van der Waals surface area contributed by atoms with E-state index in [1.165, 1.54) is 16.9 Å². The monoisotopic (exact) mass is 405 g/mol. The molecule has 2 aliphatic heterocycles. The van der Waals surface area contributed by atoms with Crippen molar-refractivity contribution in [3.63, 3.8) is 0 Å². The number of anilines is 2. The number of amides is 2. The van der Waals surface area contributed by atoms with E-state index < -0.39 is 0 Å². The molecule has 3 aromatic rings. The topological polar surface area (TPSA) is 71.5 Å². The van der Waals surface area contributed by atoms with Gasteiger partial charge >= 0.3 is 0 Å². The van der Waals surface area contributed by atoms with Gasteiger partial charge in [-0.15, -0.1) is 11.3 Å². The van der Waals surface area contributed by atoms with Gasteiger partial charge in [0.25, 0.3) is 0 Å². The standard InChI is InChI=1S/C22H19N3O3S/c26-20-11-16(12-25(20)17-4-2-1-3-5-17)21(27)24-22-23-18(13-29-22)14-6-7-19-15(10-14)8-9-28-19/h1-7,10,13,16H,8-9,11-12H2,(H,23,24,27). The number of rotatable bonds is 4. The van der Waals surface area contributed by atoms with Crippen molar-refractivity contribution < 1.29 is 14.3 Å². The number of fused-ring (bicyclic) bond motifs is 1. The summed E-state index contributed by atoms with van der Waals surface area (Å²) >= 11 is 1.39. The van der Waals surface area contributed by atoms with Crippen LogP contribution in [0.25, 0.3) is 11.3 Å². The minimum Gasteiger partial charge on any atom is -0.493 e. The fraction of sp³-hybridized carbons (Fsp3) is 0.227. The van der Waals surface area contributed by atoms with E-state index in [1.54, 1.807) is 4.90 Å². The highest BCUT2D eigenvalue weighted by Crippen LogP contribution is 2.32. The Bertz CT molecular complexity index is 1080. The second kappa shape index (κ2) is 7.33. The molecule has 1 fully saturated rings. The highest BCUT2D eigenvalue weighted by atomic mass is 32.1. The Morgan fingerprint density at radius 2 is 2.07 bits per heavy atom. The first-order valence-electron chi connectivity index (χ1n) is 9.55. The molecule has 1 atom stereocenters. The molecule has 29 heavy (non-hydrogen) atoms. The van der Waals surface area contributed by atoms with Crippen molar-refractivity contribution in [2.24, 2.45) is 5.92 Å². The zero-order valence-electron chi connectivity index (χ0n) is 15.6. The van der Waals surface area contributed by atoms with Crippen molar-refractivity contribution in [1.82, 2.24) is 4.98 Å². The maximum absolute atomic E-state index is 12.7. The quantitative estimate of drug-likeness (QED) is 0.718. The van der Waals surface area contributed by atoms with Crippen molar-refractivity contribution in [3.05, 3.63) is 59.5 Å². The van der Waals surface area contributed by atoms with Gasteiger partial charge in [-0.1, -0.05) is 18.2 Å². The van der Waals surface area contributed by atoms with Gasteiger partial charge in [0, 0.05) is 36.0 Å². The molecule has 6 nitrogen and oxygen atoms in total. The zero-order valence-corrected chi connectivity index (χ0v) is 16.4. The first kappa shape index (κ1) is 17.9. The fourth-order valence-electron chi connectivity index (χ4n) is 3.76. The number of ether oxygens (including phenoxy) is 1. The molecule has 146 valence electrons. The molecule has 0 radical (unpaired) electrons. The summed E-state index contributed by atoms with van der Waals surface area (Å²) in [6.45, 7) is 1.11. The second-order valence-electron chi connectivity index (χ2n) is 7.19. The van der Waals surface area contributed by atoms with Gasteiger partial charge in [0.05, 0.1) is 18.2 Å². The first-order valence-corrected chi connectivity index (χ1v) is 10.4. The summed E-state index contributed by atoms with van der Waals surface area (Å²) in [5.74, 6) is 0.357. The van der Waals surface area contributed by atoms with E-state index in [0.29, 0.717) is 11.7 Å². The molecule has 3 heterocycles. The van der Waals surface area contributed by atoms with Crippen LogP contribution in [0.5, 0.6) is 5.75 Å². The number of hydrogen-bond acceptors (Lipinski definition) is 5. The molecule has 1 saturated heterocycles. The van der Waals surface area contributed by atoms with Gasteiger partial charge in [0.1, 0.15) is 5.75 Å². The third-order valence-electron chi connectivity index (χ3n) is 5.28. The Hall–Kier alpha value is -3.19. The predicted molar refractivity (Wildman–Crippen MR) is 112 cm³/mol. The summed E-state index contributed by atoms with van der Waals surface area (Å²) < 4.78 is 5.55. The summed E-state index contributed by atoms with van der Waals surface area (Å²) in [6.07, 6.45) is 1.12. The van der Waals surface area contributed by atoms with E-state index in [2.05, 4.69) is 16.4 Å². The van der Waals surface area contributed by atoms with Gasteiger partial charge in [-0.25, -0.2) is 4.98 Å². The Labute approximate surface area is 172 Å². The molecule has 0 bridgehead atoms. The Balaban J connectivity index is 1.27. The second-order valence-corrected chi connectivity index (χ2v) is 8.05. The number of aromatic nitrogens is 1. The number of thiazole rings is 1. The summed E-state index contributed by atoms with van der Waals surface area (Å²) in [5, 5.41) is 5.37. The van der Waals surface area contributed by atoms with Crippen molar-refractivity contribution in [2.45, 2.75) is 12.8 Å². The van der Waals surface area contributed by atoms with Crippen molar-refractivity contribution in [2.75, 3.05) is 23.4 Å². The van der Waals surface area contributed by atoms with E-state index in [1.807, 2.05) is 47.8 Å². The number of carbonyl (C=O) groups is 2. The summed E-state index contributed by atoms with van der Waals surface area (Å²) in [6, 6.07) is 15.5. The van der Waals surface area contributed by atoms with Crippen LogP contribution in [0, 0.1) is 5.92 Å². The first-order chi connectivity index (χ1) is 14.2. The minimum absolute atomic E-state index is 0.0310. The number of para-hydroxylation sites is 1. The van der Waals surface area contributed by atoms with Crippen LogP contribution >= 0.6 is 11.3 Å². The lowest BCUT2D eigenvalue weighted by atomic mass is 10.1. The van der Waals surface area contributed by atoms with Crippen LogP contribution in [-0.2, 0) is 16.0 Å². The molecule has 1 N–H and O–H groups in total. The normalized spacial score (nSPS) is 17.9. The summed E-state index contributed by atoms with van der Waals surface area (Å²) in [5.41, 5.74) is 3.85. The van der Waals surface area contributed by atoms with Gasteiger partial charge in [-0.05, 0) is 35.9 Å². The van der Waals surface area contributed by atoms with Crippen molar-refractivity contribution in [3.8, 4) is 17.0 Å². The van der Waals surface area contributed by atoms with Crippen LogP contribution in [0.4, 0.5) is 10.8 Å². The summed E-state index contributed by atoms with van der Waals surface area (Å²) in [7, 11) is 0. The molecule has 7 heteroatoms.